The molecule has 1 amide bonds. The molecule has 0 radical (unpaired) electrons. The van der Waals surface area contributed by atoms with Crippen molar-refractivity contribution in [1.82, 2.24) is 9.97 Å². The zero-order valence-electron chi connectivity index (χ0n) is 16.4. The van der Waals surface area contributed by atoms with Crippen molar-refractivity contribution in [3.63, 3.8) is 0 Å². The van der Waals surface area contributed by atoms with E-state index in [1.807, 2.05) is 6.07 Å². The van der Waals surface area contributed by atoms with Gasteiger partial charge in [0.15, 0.2) is 5.16 Å². The fourth-order valence-corrected chi connectivity index (χ4v) is 3.82. The highest BCUT2D eigenvalue weighted by atomic mass is 35.5. The number of amides is 1. The highest BCUT2D eigenvalue weighted by molar-refractivity contribution is 8.00. The molecule has 1 aromatic heterocycles. The first-order valence-corrected chi connectivity index (χ1v) is 10.6. The molecule has 3 aromatic rings. The Morgan fingerprint density at radius 1 is 1.26 bits per heavy atom. The summed E-state index contributed by atoms with van der Waals surface area (Å²) >= 11 is 13.1. The Labute approximate surface area is 192 Å². The van der Waals surface area contributed by atoms with Crippen molar-refractivity contribution in [3.8, 4) is 23.1 Å². The van der Waals surface area contributed by atoms with Crippen molar-refractivity contribution in [3.05, 3.63) is 68.4 Å². The molecule has 1 heterocycles. The fourth-order valence-electron chi connectivity index (χ4n) is 2.64. The number of carbonyl (C=O) groups excluding carboxylic acids is 1. The predicted molar refractivity (Wildman–Crippen MR) is 122 cm³/mol. The number of benzene rings is 2. The molecular formula is C21H16Cl2N4O3S. The lowest BCUT2D eigenvalue weighted by Crippen LogP contribution is -2.23. The molecule has 10 heteroatoms. The van der Waals surface area contributed by atoms with Crippen molar-refractivity contribution in [2.45, 2.75) is 17.3 Å². The Morgan fingerprint density at radius 3 is 2.58 bits per heavy atom. The van der Waals surface area contributed by atoms with E-state index in [4.69, 9.17) is 27.9 Å². The summed E-state index contributed by atoms with van der Waals surface area (Å²) in [6, 6.07) is 13.4. The lowest BCUT2D eigenvalue weighted by Gasteiger charge is -2.13. The molecule has 2 aromatic carbocycles. The first-order valence-electron chi connectivity index (χ1n) is 8.93. The van der Waals surface area contributed by atoms with Crippen LogP contribution >= 0.6 is 35.0 Å². The highest BCUT2D eigenvalue weighted by Gasteiger charge is 2.19. The zero-order valence-corrected chi connectivity index (χ0v) is 18.7. The van der Waals surface area contributed by atoms with Crippen molar-refractivity contribution >= 4 is 46.6 Å². The number of ether oxygens (including phenoxy) is 1. The van der Waals surface area contributed by atoms with Crippen molar-refractivity contribution < 1.29 is 9.53 Å². The van der Waals surface area contributed by atoms with Gasteiger partial charge in [0.25, 0.3) is 5.56 Å². The third kappa shape index (κ3) is 5.39. The van der Waals surface area contributed by atoms with E-state index >= 15 is 0 Å². The molecule has 0 saturated heterocycles. The number of hydrogen-bond acceptors (Lipinski definition) is 6. The van der Waals surface area contributed by atoms with E-state index in [9.17, 15) is 14.9 Å². The van der Waals surface area contributed by atoms with Crippen molar-refractivity contribution in [2.75, 3.05) is 12.4 Å². The van der Waals surface area contributed by atoms with Crippen LogP contribution in [0.5, 0.6) is 5.75 Å². The van der Waals surface area contributed by atoms with Gasteiger partial charge in [-0.2, -0.15) is 5.26 Å². The lowest BCUT2D eigenvalue weighted by molar-refractivity contribution is -0.115. The summed E-state index contributed by atoms with van der Waals surface area (Å²) in [5.41, 5.74) is 0.598. The van der Waals surface area contributed by atoms with Gasteiger partial charge in [0.2, 0.25) is 5.91 Å². The molecule has 1 atom stereocenters. The van der Waals surface area contributed by atoms with Crippen LogP contribution < -0.4 is 15.6 Å². The van der Waals surface area contributed by atoms with E-state index in [0.29, 0.717) is 27.0 Å². The maximum absolute atomic E-state index is 12.6. The quantitative estimate of drug-likeness (QED) is 0.394. The van der Waals surface area contributed by atoms with Gasteiger partial charge in [-0.1, -0.05) is 47.1 Å². The van der Waals surface area contributed by atoms with Gasteiger partial charge in [0.05, 0.1) is 23.1 Å². The standard InChI is InChI=1S/C21H16Cl2N4O3S/c1-11(19(28)25-14-7-8-17(30-2)16(23)9-14)31-21-26-18(15(10-24)20(29)27-21)12-3-5-13(22)6-4-12/h3-9,11H,1-2H3,(H,25,28)(H,26,27,29)/t11-/m1/s1. The molecule has 0 aliphatic heterocycles. The maximum Gasteiger partial charge on any atom is 0.270 e. The molecule has 3 rings (SSSR count). The number of nitrogens with zero attached hydrogens (tertiary/aromatic N) is 2. The smallest absolute Gasteiger partial charge is 0.270 e. The number of hydrogen-bond donors (Lipinski definition) is 2. The van der Waals surface area contributed by atoms with E-state index in [-0.39, 0.29) is 22.3 Å². The van der Waals surface area contributed by atoms with Gasteiger partial charge in [-0.15, -0.1) is 0 Å². The minimum Gasteiger partial charge on any atom is -0.495 e. The summed E-state index contributed by atoms with van der Waals surface area (Å²) in [5.74, 6) is 0.183. The summed E-state index contributed by atoms with van der Waals surface area (Å²) in [6.45, 7) is 1.67. The third-order valence-corrected chi connectivity index (χ3v) is 5.74. The number of rotatable bonds is 6. The molecule has 2 N–H and O–H groups in total. The largest absolute Gasteiger partial charge is 0.495 e. The number of nitriles is 1. The van der Waals surface area contributed by atoms with Crippen LogP contribution in [0.15, 0.2) is 52.4 Å². The molecule has 0 fully saturated rings. The Bertz CT molecular complexity index is 1220. The number of thioether (sulfide) groups is 1. The normalized spacial score (nSPS) is 11.5. The lowest BCUT2D eigenvalue weighted by atomic mass is 10.1. The Kier molecular flexibility index (Phi) is 7.23. The Morgan fingerprint density at radius 2 is 1.97 bits per heavy atom. The molecule has 0 spiro atoms. The number of anilines is 1. The van der Waals surface area contributed by atoms with Gasteiger partial charge in [-0.05, 0) is 37.3 Å². The molecule has 0 unspecified atom stereocenters. The molecule has 158 valence electrons. The van der Waals surface area contributed by atoms with Crippen LogP contribution in [-0.2, 0) is 4.79 Å². The first-order chi connectivity index (χ1) is 14.8. The molecule has 0 aliphatic carbocycles. The average Bonchev–Trinajstić information content (AvgIpc) is 2.74. The number of nitrogens with one attached hydrogen (secondary N) is 2. The monoisotopic (exact) mass is 474 g/mol. The summed E-state index contributed by atoms with van der Waals surface area (Å²) < 4.78 is 5.09. The number of halogens is 2. The van der Waals surface area contributed by atoms with E-state index in [2.05, 4.69) is 15.3 Å². The number of H-pyrrole nitrogens is 1. The van der Waals surface area contributed by atoms with Crippen LogP contribution in [0.25, 0.3) is 11.3 Å². The number of aromatic nitrogens is 2. The number of aromatic amines is 1. The summed E-state index contributed by atoms with van der Waals surface area (Å²) in [7, 11) is 1.50. The predicted octanol–water partition coefficient (Wildman–Crippen LogP) is 4.74. The van der Waals surface area contributed by atoms with Crippen molar-refractivity contribution in [1.29, 1.82) is 5.26 Å². The topological polar surface area (TPSA) is 108 Å². The molecule has 0 bridgehead atoms. The van der Waals surface area contributed by atoms with Crippen LogP contribution in [0.4, 0.5) is 5.69 Å². The summed E-state index contributed by atoms with van der Waals surface area (Å²) in [6.07, 6.45) is 0. The molecular weight excluding hydrogens is 459 g/mol. The van der Waals surface area contributed by atoms with Gasteiger partial charge in [-0.3, -0.25) is 9.59 Å². The summed E-state index contributed by atoms with van der Waals surface area (Å²) in [4.78, 5) is 31.9. The zero-order chi connectivity index (χ0) is 22.5. The average molecular weight is 475 g/mol. The Balaban J connectivity index is 1.82. The maximum atomic E-state index is 12.6. The van der Waals surface area contributed by atoms with E-state index in [1.165, 1.54) is 7.11 Å². The third-order valence-electron chi connectivity index (χ3n) is 4.20. The summed E-state index contributed by atoms with van der Waals surface area (Å²) in [5, 5.41) is 12.6. The van der Waals surface area contributed by atoms with Gasteiger partial charge >= 0.3 is 0 Å². The van der Waals surface area contributed by atoms with Crippen LogP contribution in [-0.4, -0.2) is 28.2 Å². The second kappa shape index (κ2) is 9.88. The highest BCUT2D eigenvalue weighted by Crippen LogP contribution is 2.29. The molecule has 31 heavy (non-hydrogen) atoms. The molecule has 7 nitrogen and oxygen atoms in total. The number of methoxy groups -OCH3 is 1. The van der Waals surface area contributed by atoms with Gasteiger partial charge in [0.1, 0.15) is 17.4 Å². The van der Waals surface area contributed by atoms with E-state index in [0.717, 1.165) is 11.8 Å². The minimum atomic E-state index is -0.602. The molecule has 0 aliphatic rings. The second-order valence-corrected chi connectivity index (χ2v) is 8.49. The van der Waals surface area contributed by atoms with Gasteiger partial charge in [-0.25, -0.2) is 4.98 Å². The van der Waals surface area contributed by atoms with Crippen LogP contribution in [0.2, 0.25) is 10.0 Å². The van der Waals surface area contributed by atoms with E-state index < -0.39 is 10.8 Å². The Hall–Kier alpha value is -2.99. The van der Waals surface area contributed by atoms with Gasteiger partial charge < -0.3 is 15.0 Å². The molecule has 0 saturated carbocycles. The van der Waals surface area contributed by atoms with Gasteiger partial charge in [0, 0.05) is 16.3 Å². The second-order valence-electron chi connectivity index (χ2n) is 6.31. The van der Waals surface area contributed by atoms with Crippen LogP contribution in [0.1, 0.15) is 12.5 Å². The van der Waals surface area contributed by atoms with Crippen molar-refractivity contribution in [2.24, 2.45) is 0 Å². The SMILES string of the molecule is COc1ccc(NC(=O)[C@@H](C)Sc2nc(-c3ccc(Cl)cc3)c(C#N)c(=O)[nH]2)cc1Cl. The van der Waals surface area contributed by atoms with E-state index in [1.54, 1.807) is 49.4 Å². The first kappa shape index (κ1) is 22.7. The minimum absolute atomic E-state index is 0.114. The fraction of sp³-hybridized carbons (Fsp3) is 0.143. The van der Waals surface area contributed by atoms with Crippen LogP contribution in [0, 0.1) is 11.3 Å². The van der Waals surface area contributed by atoms with Crippen LogP contribution in [0.3, 0.4) is 0 Å². The number of carbonyl (C=O) groups is 1.